The number of aromatic nitrogens is 2. The standard InChI is InChI=1S/C17H13F5N2S/c1-2-25-14-6-4-3-5-12(14)13-10-24-9-11(7-8-15(24)23-13)16(18,19)17(20,21)22/h3-10H,2H2,1H3. The number of pyridine rings is 1. The van der Waals surface area contributed by atoms with E-state index in [1.807, 2.05) is 31.2 Å². The number of rotatable bonds is 4. The molecule has 0 radical (unpaired) electrons. The van der Waals surface area contributed by atoms with Gasteiger partial charge in [0, 0.05) is 28.4 Å². The molecule has 0 saturated carbocycles. The molecule has 2 nitrogen and oxygen atoms in total. The molecule has 0 saturated heterocycles. The zero-order valence-electron chi connectivity index (χ0n) is 13.0. The third-order valence-corrected chi connectivity index (χ3v) is 4.59. The summed E-state index contributed by atoms with van der Waals surface area (Å²) in [5, 5.41) is 0. The van der Waals surface area contributed by atoms with Crippen molar-refractivity contribution in [2.24, 2.45) is 0 Å². The molecule has 3 aromatic rings. The minimum absolute atomic E-state index is 0.299. The van der Waals surface area contributed by atoms with Crippen LogP contribution in [0, 0.1) is 0 Å². The Bertz CT molecular complexity index is 901. The van der Waals surface area contributed by atoms with Crippen molar-refractivity contribution in [3.05, 3.63) is 54.4 Å². The molecule has 0 atom stereocenters. The molecule has 8 heteroatoms. The molecule has 0 fully saturated rings. The summed E-state index contributed by atoms with van der Waals surface area (Å²) in [6.07, 6.45) is -3.41. The molecule has 25 heavy (non-hydrogen) atoms. The van der Waals surface area contributed by atoms with Gasteiger partial charge in [-0.25, -0.2) is 4.98 Å². The first kappa shape index (κ1) is 17.7. The lowest BCUT2D eigenvalue weighted by molar-refractivity contribution is -0.289. The lowest BCUT2D eigenvalue weighted by Crippen LogP contribution is -2.33. The largest absolute Gasteiger partial charge is 0.458 e. The van der Waals surface area contributed by atoms with Gasteiger partial charge >= 0.3 is 12.1 Å². The van der Waals surface area contributed by atoms with Crippen LogP contribution in [0.15, 0.2) is 53.7 Å². The maximum absolute atomic E-state index is 13.5. The van der Waals surface area contributed by atoms with Gasteiger partial charge < -0.3 is 4.40 Å². The highest BCUT2D eigenvalue weighted by atomic mass is 32.2. The topological polar surface area (TPSA) is 17.3 Å². The van der Waals surface area contributed by atoms with Crippen LogP contribution >= 0.6 is 11.8 Å². The first-order valence-electron chi connectivity index (χ1n) is 7.40. The van der Waals surface area contributed by atoms with Gasteiger partial charge in [-0.15, -0.1) is 11.8 Å². The zero-order valence-corrected chi connectivity index (χ0v) is 13.8. The fraction of sp³-hybridized carbons (Fsp3) is 0.235. The summed E-state index contributed by atoms with van der Waals surface area (Å²) in [7, 11) is 0. The lowest BCUT2D eigenvalue weighted by Gasteiger charge is -2.19. The first-order valence-corrected chi connectivity index (χ1v) is 8.38. The molecule has 3 rings (SSSR count). The van der Waals surface area contributed by atoms with E-state index in [9.17, 15) is 22.0 Å². The second-order valence-corrected chi connectivity index (χ2v) is 6.62. The van der Waals surface area contributed by atoms with Crippen molar-refractivity contribution in [2.45, 2.75) is 23.9 Å². The first-order chi connectivity index (χ1) is 11.7. The number of fused-ring (bicyclic) bond motifs is 1. The average Bonchev–Trinajstić information content (AvgIpc) is 2.97. The Morgan fingerprint density at radius 2 is 1.72 bits per heavy atom. The summed E-state index contributed by atoms with van der Waals surface area (Å²) in [6, 6.07) is 9.36. The minimum atomic E-state index is -5.64. The van der Waals surface area contributed by atoms with E-state index in [1.54, 1.807) is 11.8 Å². The van der Waals surface area contributed by atoms with Gasteiger partial charge in [-0.3, -0.25) is 0 Å². The number of halogens is 5. The van der Waals surface area contributed by atoms with Crippen molar-refractivity contribution in [1.82, 2.24) is 9.38 Å². The SMILES string of the molecule is CCSc1ccccc1-c1cn2cc(C(F)(F)C(F)(F)F)ccc2n1. The molecule has 0 aliphatic carbocycles. The van der Waals surface area contributed by atoms with Gasteiger partial charge in [0.25, 0.3) is 0 Å². The van der Waals surface area contributed by atoms with Gasteiger partial charge in [0.05, 0.1) is 5.69 Å². The van der Waals surface area contributed by atoms with Gasteiger partial charge in [0.1, 0.15) is 5.65 Å². The van der Waals surface area contributed by atoms with Crippen molar-refractivity contribution in [1.29, 1.82) is 0 Å². The van der Waals surface area contributed by atoms with Crippen molar-refractivity contribution in [2.75, 3.05) is 5.75 Å². The summed E-state index contributed by atoms with van der Waals surface area (Å²) in [5.41, 5.74) is 0.506. The predicted octanol–water partition coefficient (Wildman–Crippen LogP) is 5.77. The van der Waals surface area contributed by atoms with Crippen LogP contribution in [0.25, 0.3) is 16.9 Å². The van der Waals surface area contributed by atoms with Crippen molar-refractivity contribution in [3.63, 3.8) is 0 Å². The molecule has 1 aromatic carbocycles. The maximum Gasteiger partial charge on any atom is 0.458 e. The molecule has 0 N–H and O–H groups in total. The third kappa shape index (κ3) is 3.22. The van der Waals surface area contributed by atoms with E-state index in [4.69, 9.17) is 0 Å². The second kappa shape index (κ2) is 6.33. The number of nitrogens with zero attached hydrogens (tertiary/aromatic N) is 2. The Kier molecular flexibility index (Phi) is 4.49. The van der Waals surface area contributed by atoms with E-state index < -0.39 is 17.7 Å². The molecule has 0 amide bonds. The van der Waals surface area contributed by atoms with Gasteiger partial charge in [0.15, 0.2) is 0 Å². The molecule has 132 valence electrons. The number of alkyl halides is 5. The molecule has 0 aliphatic heterocycles. The Morgan fingerprint density at radius 1 is 1.00 bits per heavy atom. The van der Waals surface area contributed by atoms with Gasteiger partial charge in [0.2, 0.25) is 0 Å². The van der Waals surface area contributed by atoms with Crippen molar-refractivity contribution < 1.29 is 22.0 Å². The molecule has 2 heterocycles. The number of hydrogen-bond acceptors (Lipinski definition) is 2. The lowest BCUT2D eigenvalue weighted by atomic mass is 10.1. The Hall–Kier alpha value is -2.09. The van der Waals surface area contributed by atoms with Crippen LogP contribution in [0.4, 0.5) is 22.0 Å². The van der Waals surface area contributed by atoms with Gasteiger partial charge in [-0.05, 0) is 24.0 Å². The molecule has 0 bridgehead atoms. The molecule has 2 aromatic heterocycles. The number of benzene rings is 1. The van der Waals surface area contributed by atoms with Crippen LogP contribution in [-0.2, 0) is 5.92 Å². The summed E-state index contributed by atoms with van der Waals surface area (Å²) in [4.78, 5) is 5.30. The summed E-state index contributed by atoms with van der Waals surface area (Å²) in [5.74, 6) is -4.08. The van der Waals surface area contributed by atoms with E-state index in [2.05, 4.69) is 4.98 Å². The quantitative estimate of drug-likeness (QED) is 0.427. The fourth-order valence-corrected chi connectivity index (χ4v) is 3.24. The second-order valence-electron chi connectivity index (χ2n) is 5.31. The van der Waals surface area contributed by atoms with Crippen molar-refractivity contribution in [3.8, 4) is 11.3 Å². The monoisotopic (exact) mass is 372 g/mol. The van der Waals surface area contributed by atoms with Crippen molar-refractivity contribution >= 4 is 17.4 Å². The zero-order chi connectivity index (χ0) is 18.2. The molecular weight excluding hydrogens is 359 g/mol. The summed E-state index contributed by atoms with van der Waals surface area (Å²) < 4.78 is 65.9. The van der Waals surface area contributed by atoms with E-state index in [-0.39, 0.29) is 0 Å². The Labute approximate surface area is 144 Å². The summed E-state index contributed by atoms with van der Waals surface area (Å²) in [6.45, 7) is 2.00. The third-order valence-electron chi connectivity index (χ3n) is 3.63. The highest BCUT2D eigenvalue weighted by Crippen LogP contribution is 2.43. The van der Waals surface area contributed by atoms with Crippen LogP contribution in [0.2, 0.25) is 0 Å². The molecular formula is C17H13F5N2S. The Morgan fingerprint density at radius 3 is 2.40 bits per heavy atom. The maximum atomic E-state index is 13.5. The highest BCUT2D eigenvalue weighted by Gasteiger charge is 2.58. The van der Waals surface area contributed by atoms with Gasteiger partial charge in [-0.2, -0.15) is 22.0 Å². The van der Waals surface area contributed by atoms with E-state index >= 15 is 0 Å². The van der Waals surface area contributed by atoms with E-state index in [0.29, 0.717) is 11.3 Å². The van der Waals surface area contributed by atoms with Crippen LogP contribution in [-0.4, -0.2) is 21.3 Å². The fourth-order valence-electron chi connectivity index (χ4n) is 2.43. The number of thioether (sulfide) groups is 1. The molecule has 0 unspecified atom stereocenters. The molecule has 0 aliphatic rings. The Balaban J connectivity index is 2.08. The minimum Gasteiger partial charge on any atom is -0.306 e. The van der Waals surface area contributed by atoms with Crippen LogP contribution in [0.1, 0.15) is 12.5 Å². The van der Waals surface area contributed by atoms with E-state index in [0.717, 1.165) is 34.5 Å². The molecule has 0 spiro atoms. The normalized spacial score (nSPS) is 12.7. The van der Waals surface area contributed by atoms with E-state index in [1.165, 1.54) is 10.6 Å². The number of hydrogen-bond donors (Lipinski definition) is 0. The van der Waals surface area contributed by atoms with Gasteiger partial charge in [-0.1, -0.05) is 25.1 Å². The smallest absolute Gasteiger partial charge is 0.306 e. The van der Waals surface area contributed by atoms with Crippen LogP contribution < -0.4 is 0 Å². The predicted molar refractivity (Wildman–Crippen MR) is 87.0 cm³/mol. The average molecular weight is 372 g/mol. The number of imidazole rings is 1. The van der Waals surface area contributed by atoms with Crippen LogP contribution in [0.3, 0.4) is 0 Å². The highest BCUT2D eigenvalue weighted by molar-refractivity contribution is 7.99. The summed E-state index contributed by atoms with van der Waals surface area (Å²) >= 11 is 1.60. The van der Waals surface area contributed by atoms with Crippen LogP contribution in [0.5, 0.6) is 0 Å².